The molecule has 1 fully saturated rings. The number of aromatic nitrogens is 4. The Morgan fingerprint density at radius 2 is 2.03 bits per heavy atom. The van der Waals surface area contributed by atoms with Gasteiger partial charge in [-0.05, 0) is 56.2 Å². The van der Waals surface area contributed by atoms with Gasteiger partial charge in [-0.3, -0.25) is 9.36 Å². The van der Waals surface area contributed by atoms with E-state index in [4.69, 9.17) is 16.3 Å². The number of nitrogens with zero attached hydrogens (tertiary/aromatic N) is 4. The van der Waals surface area contributed by atoms with Crippen LogP contribution in [0.3, 0.4) is 0 Å². The van der Waals surface area contributed by atoms with E-state index in [0.717, 1.165) is 31.2 Å². The first-order chi connectivity index (χ1) is 16.2. The standard InChI is InChI=1S/C23H27ClF2N6O2/c1-12-4-6-14(7-5-12)28-21(33)15-10-16-20(31-22(15)34-11-17(25)26)32(3)23(29-16)30-18-13(2)8-9-27-19(18)24/h8-10,12,14,17H,4-7,11H2,1-3H3,(H,28,33)(H,29,30). The summed E-state index contributed by atoms with van der Waals surface area (Å²) in [4.78, 5) is 26.1. The summed E-state index contributed by atoms with van der Waals surface area (Å²) in [7, 11) is 1.71. The topological polar surface area (TPSA) is 94.0 Å². The number of aryl methyl sites for hydroxylation is 2. The van der Waals surface area contributed by atoms with Gasteiger partial charge in [0.25, 0.3) is 12.3 Å². The number of carbonyl (C=O) groups excluding carboxylic acids is 1. The molecule has 1 amide bonds. The maximum atomic E-state index is 13.1. The van der Waals surface area contributed by atoms with E-state index in [1.165, 1.54) is 6.07 Å². The highest BCUT2D eigenvalue weighted by molar-refractivity contribution is 6.32. The number of carbonyl (C=O) groups is 1. The normalized spacial score (nSPS) is 18.3. The Kier molecular flexibility index (Phi) is 7.16. The van der Waals surface area contributed by atoms with Crippen LogP contribution < -0.4 is 15.4 Å². The van der Waals surface area contributed by atoms with Crippen LogP contribution in [0, 0.1) is 12.8 Å². The second kappa shape index (κ2) is 10.1. The summed E-state index contributed by atoms with van der Waals surface area (Å²) < 4.78 is 32.6. The molecule has 0 unspecified atom stereocenters. The summed E-state index contributed by atoms with van der Waals surface area (Å²) in [5.41, 5.74) is 2.30. The van der Waals surface area contributed by atoms with Gasteiger partial charge in [-0.2, -0.15) is 4.98 Å². The van der Waals surface area contributed by atoms with Crippen LogP contribution in [-0.4, -0.2) is 44.5 Å². The molecule has 1 aliphatic rings. The number of alkyl halides is 2. The van der Waals surface area contributed by atoms with Crippen LogP contribution in [0.1, 0.15) is 48.5 Å². The molecule has 1 saturated carbocycles. The molecular formula is C23H27ClF2N6O2. The van der Waals surface area contributed by atoms with Crippen molar-refractivity contribution in [3.05, 3.63) is 34.6 Å². The van der Waals surface area contributed by atoms with Crippen LogP contribution in [-0.2, 0) is 7.05 Å². The lowest BCUT2D eigenvalue weighted by molar-refractivity contribution is 0.0770. The molecule has 0 atom stereocenters. The van der Waals surface area contributed by atoms with Gasteiger partial charge >= 0.3 is 0 Å². The van der Waals surface area contributed by atoms with Crippen LogP contribution in [0.25, 0.3) is 11.2 Å². The minimum Gasteiger partial charge on any atom is -0.471 e. The van der Waals surface area contributed by atoms with Crippen molar-refractivity contribution < 1.29 is 18.3 Å². The molecule has 182 valence electrons. The third kappa shape index (κ3) is 5.22. The van der Waals surface area contributed by atoms with Gasteiger partial charge < -0.3 is 15.4 Å². The molecule has 4 rings (SSSR count). The molecule has 0 aromatic carbocycles. The first-order valence-electron chi connectivity index (χ1n) is 11.2. The Labute approximate surface area is 201 Å². The Bertz CT molecular complexity index is 1170. The zero-order valence-corrected chi connectivity index (χ0v) is 20.0. The molecule has 8 nitrogen and oxygen atoms in total. The van der Waals surface area contributed by atoms with Gasteiger partial charge in [0.15, 0.2) is 17.4 Å². The van der Waals surface area contributed by atoms with E-state index in [1.54, 1.807) is 23.9 Å². The van der Waals surface area contributed by atoms with Crippen molar-refractivity contribution in [2.75, 3.05) is 11.9 Å². The highest BCUT2D eigenvalue weighted by Crippen LogP contribution is 2.30. The third-order valence-corrected chi connectivity index (χ3v) is 6.39. The van der Waals surface area contributed by atoms with E-state index in [2.05, 4.69) is 32.5 Å². The molecule has 3 heterocycles. The van der Waals surface area contributed by atoms with Crippen LogP contribution >= 0.6 is 11.6 Å². The lowest BCUT2D eigenvalue weighted by atomic mass is 9.87. The number of fused-ring (bicyclic) bond motifs is 1. The number of ether oxygens (including phenoxy) is 1. The minimum absolute atomic E-state index is 0.0269. The number of anilines is 2. The molecule has 2 N–H and O–H groups in total. The molecule has 34 heavy (non-hydrogen) atoms. The lowest BCUT2D eigenvalue weighted by Crippen LogP contribution is -2.37. The third-order valence-electron chi connectivity index (χ3n) is 6.10. The van der Waals surface area contributed by atoms with E-state index in [0.29, 0.717) is 28.7 Å². The zero-order chi connectivity index (χ0) is 24.4. The zero-order valence-electron chi connectivity index (χ0n) is 19.2. The smallest absolute Gasteiger partial charge is 0.272 e. The molecule has 11 heteroatoms. The van der Waals surface area contributed by atoms with E-state index in [-0.39, 0.29) is 22.6 Å². The second-order valence-electron chi connectivity index (χ2n) is 8.73. The van der Waals surface area contributed by atoms with E-state index >= 15 is 0 Å². The van der Waals surface area contributed by atoms with Crippen LogP contribution in [0.2, 0.25) is 5.15 Å². The quantitative estimate of drug-likeness (QED) is 0.450. The predicted octanol–water partition coefficient (Wildman–Crippen LogP) is 5.02. The summed E-state index contributed by atoms with van der Waals surface area (Å²) in [6.45, 7) is 3.20. The molecule has 3 aromatic heterocycles. The monoisotopic (exact) mass is 492 g/mol. The van der Waals surface area contributed by atoms with Crippen molar-refractivity contribution in [2.24, 2.45) is 13.0 Å². The summed E-state index contributed by atoms with van der Waals surface area (Å²) in [6, 6.07) is 3.35. The van der Waals surface area contributed by atoms with Crippen molar-refractivity contribution >= 4 is 40.3 Å². The number of amides is 1. The first kappa shape index (κ1) is 24.1. The van der Waals surface area contributed by atoms with E-state index in [1.807, 2.05) is 6.92 Å². The molecule has 0 radical (unpaired) electrons. The van der Waals surface area contributed by atoms with Gasteiger partial charge in [0, 0.05) is 19.3 Å². The number of halogens is 3. The fourth-order valence-corrected chi connectivity index (χ4v) is 4.33. The fourth-order valence-electron chi connectivity index (χ4n) is 4.08. The Morgan fingerprint density at radius 3 is 2.71 bits per heavy atom. The van der Waals surface area contributed by atoms with Crippen molar-refractivity contribution in [2.45, 2.75) is 52.0 Å². The van der Waals surface area contributed by atoms with Crippen molar-refractivity contribution in [3.8, 4) is 5.88 Å². The summed E-state index contributed by atoms with van der Waals surface area (Å²) in [5.74, 6) is 0.468. The average molecular weight is 493 g/mol. The molecule has 3 aromatic rings. The summed E-state index contributed by atoms with van der Waals surface area (Å²) >= 11 is 6.22. The number of nitrogens with one attached hydrogen (secondary N) is 2. The summed E-state index contributed by atoms with van der Waals surface area (Å²) in [5, 5.41) is 6.43. The Hall–Kier alpha value is -3.01. The first-order valence-corrected chi connectivity index (χ1v) is 11.6. The van der Waals surface area contributed by atoms with E-state index < -0.39 is 18.9 Å². The number of hydrogen-bond donors (Lipinski definition) is 2. The average Bonchev–Trinajstić information content (AvgIpc) is 3.10. The SMILES string of the molecule is Cc1ccnc(Cl)c1Nc1nc2cc(C(=O)NC3CCC(C)CC3)c(OCC(F)F)nc2n1C. The lowest BCUT2D eigenvalue weighted by Gasteiger charge is -2.27. The van der Waals surface area contributed by atoms with Gasteiger partial charge in [0.1, 0.15) is 11.1 Å². The van der Waals surface area contributed by atoms with Gasteiger partial charge in [-0.25, -0.2) is 18.7 Å². The van der Waals surface area contributed by atoms with Gasteiger partial charge in [0.2, 0.25) is 11.8 Å². The molecule has 0 saturated heterocycles. The van der Waals surface area contributed by atoms with Crippen molar-refractivity contribution in [1.82, 2.24) is 24.8 Å². The number of rotatable bonds is 7. The summed E-state index contributed by atoms with van der Waals surface area (Å²) in [6.07, 6.45) is 2.71. The highest BCUT2D eigenvalue weighted by atomic mass is 35.5. The number of hydrogen-bond acceptors (Lipinski definition) is 6. The van der Waals surface area contributed by atoms with E-state index in [9.17, 15) is 13.6 Å². The van der Waals surface area contributed by atoms with Crippen LogP contribution in [0.5, 0.6) is 5.88 Å². The van der Waals surface area contributed by atoms with Crippen molar-refractivity contribution in [1.29, 1.82) is 0 Å². The largest absolute Gasteiger partial charge is 0.471 e. The fraction of sp³-hybridized carbons (Fsp3) is 0.478. The van der Waals surface area contributed by atoms with Gasteiger partial charge in [-0.1, -0.05) is 18.5 Å². The molecule has 1 aliphatic carbocycles. The van der Waals surface area contributed by atoms with Crippen molar-refractivity contribution in [3.63, 3.8) is 0 Å². The van der Waals surface area contributed by atoms with Crippen LogP contribution in [0.15, 0.2) is 18.3 Å². The maximum absolute atomic E-state index is 13.1. The Balaban J connectivity index is 1.68. The molecule has 0 spiro atoms. The Morgan fingerprint density at radius 1 is 1.29 bits per heavy atom. The number of imidazole rings is 1. The molecule has 0 bridgehead atoms. The molecule has 0 aliphatic heterocycles. The van der Waals surface area contributed by atoms with Crippen LogP contribution in [0.4, 0.5) is 20.4 Å². The van der Waals surface area contributed by atoms with Gasteiger partial charge in [-0.15, -0.1) is 0 Å². The second-order valence-corrected chi connectivity index (χ2v) is 9.09. The maximum Gasteiger partial charge on any atom is 0.272 e. The highest BCUT2D eigenvalue weighted by Gasteiger charge is 2.25. The predicted molar refractivity (Wildman–Crippen MR) is 126 cm³/mol. The molecular weight excluding hydrogens is 466 g/mol. The number of pyridine rings is 2. The minimum atomic E-state index is -2.70. The van der Waals surface area contributed by atoms with Gasteiger partial charge in [0.05, 0.1) is 5.69 Å².